The average molecular weight is 326 g/mol. The summed E-state index contributed by atoms with van der Waals surface area (Å²) in [5.74, 6) is 0. The normalized spacial score (nSPS) is 26.5. The van der Waals surface area contributed by atoms with Crippen molar-refractivity contribution in [3.8, 4) is 0 Å². The lowest BCUT2D eigenvalue weighted by molar-refractivity contribution is 0.306. The van der Waals surface area contributed by atoms with E-state index >= 15 is 0 Å². The van der Waals surface area contributed by atoms with Crippen LogP contribution in [0.4, 0.5) is 0 Å². The molecular formula is C18H22N4S. The third-order valence-electron chi connectivity index (χ3n) is 4.73. The molecule has 0 aromatic carbocycles. The second-order valence-corrected chi connectivity index (χ2v) is 7.69. The number of amidine groups is 1. The first-order valence-corrected chi connectivity index (χ1v) is 9.15. The Kier molecular flexibility index (Phi) is 3.68. The molecule has 4 nitrogen and oxygen atoms in total. The first-order valence-electron chi connectivity index (χ1n) is 8.27. The Hall–Kier alpha value is -1.75. The molecule has 0 bridgehead atoms. The predicted octanol–water partition coefficient (Wildman–Crippen LogP) is 3.80. The molecule has 2 aliphatic rings. The highest BCUT2D eigenvalue weighted by Gasteiger charge is 2.44. The second kappa shape index (κ2) is 5.71. The largest absolute Gasteiger partial charge is 0.347 e. The van der Waals surface area contributed by atoms with Crippen LogP contribution >= 0.6 is 11.8 Å². The van der Waals surface area contributed by atoms with Crippen molar-refractivity contribution in [1.29, 1.82) is 0 Å². The van der Waals surface area contributed by atoms with Crippen molar-refractivity contribution in [2.45, 2.75) is 44.6 Å². The van der Waals surface area contributed by atoms with Gasteiger partial charge in [0.2, 0.25) is 0 Å². The zero-order valence-corrected chi connectivity index (χ0v) is 14.6. The molecule has 5 heteroatoms. The Morgan fingerprint density at radius 1 is 1.26 bits per heavy atom. The summed E-state index contributed by atoms with van der Waals surface area (Å²) in [4.78, 5) is 12.1. The molecule has 0 spiro atoms. The number of aryl methyl sites for hydroxylation is 1. The minimum absolute atomic E-state index is 0.0887. The number of hydrogen-bond acceptors (Lipinski definition) is 4. The molecule has 2 aromatic heterocycles. The summed E-state index contributed by atoms with van der Waals surface area (Å²) in [5.41, 5.74) is 3.74. The molecule has 120 valence electrons. The number of fused-ring (bicyclic) bond motifs is 1. The lowest BCUT2D eigenvalue weighted by Gasteiger charge is -2.28. The Morgan fingerprint density at radius 3 is 2.87 bits per heavy atom. The molecule has 4 heterocycles. The molecule has 1 saturated heterocycles. The number of aromatic nitrogens is 2. The van der Waals surface area contributed by atoms with Crippen LogP contribution in [0.3, 0.4) is 0 Å². The van der Waals surface area contributed by atoms with Crippen LogP contribution in [0.2, 0.25) is 0 Å². The van der Waals surface area contributed by atoms with E-state index < -0.39 is 0 Å². The van der Waals surface area contributed by atoms with E-state index in [1.807, 2.05) is 24.0 Å². The molecule has 1 fully saturated rings. The van der Waals surface area contributed by atoms with Crippen LogP contribution in [0.25, 0.3) is 0 Å². The third-order valence-corrected chi connectivity index (χ3v) is 5.84. The molecule has 0 unspecified atom stereocenters. The summed E-state index contributed by atoms with van der Waals surface area (Å²) >= 11 is 1.89. The minimum Gasteiger partial charge on any atom is -0.347 e. The molecule has 0 saturated carbocycles. The van der Waals surface area contributed by atoms with E-state index in [0.29, 0.717) is 5.25 Å². The van der Waals surface area contributed by atoms with Gasteiger partial charge in [0.1, 0.15) is 6.04 Å². The maximum absolute atomic E-state index is 5.04. The van der Waals surface area contributed by atoms with E-state index in [0.717, 1.165) is 18.8 Å². The number of aliphatic imine (C=N–C) groups is 1. The summed E-state index contributed by atoms with van der Waals surface area (Å²) < 4.78 is 2.41. The Bertz CT molecular complexity index is 737. The van der Waals surface area contributed by atoms with Crippen LogP contribution in [-0.2, 0) is 6.54 Å². The molecule has 0 aliphatic carbocycles. The molecule has 3 atom stereocenters. The molecule has 2 aliphatic heterocycles. The van der Waals surface area contributed by atoms with Gasteiger partial charge in [-0.05, 0) is 38.1 Å². The highest BCUT2D eigenvalue weighted by atomic mass is 32.2. The minimum atomic E-state index is 0.0887. The van der Waals surface area contributed by atoms with Crippen molar-refractivity contribution >= 4 is 16.9 Å². The van der Waals surface area contributed by atoms with Gasteiger partial charge in [0, 0.05) is 35.9 Å². The van der Waals surface area contributed by atoms with Crippen molar-refractivity contribution in [1.82, 2.24) is 14.5 Å². The SMILES string of the molecule is CCn1c(C)ccc1[C@@H]1[C@H](c2ccccn2)N=C2S[C@@H](C)CN21. The fourth-order valence-electron chi connectivity index (χ4n) is 3.72. The van der Waals surface area contributed by atoms with Gasteiger partial charge < -0.3 is 9.47 Å². The zero-order valence-electron chi connectivity index (χ0n) is 13.8. The van der Waals surface area contributed by atoms with Gasteiger partial charge in [0.05, 0.1) is 11.7 Å². The van der Waals surface area contributed by atoms with Gasteiger partial charge in [-0.2, -0.15) is 0 Å². The maximum Gasteiger partial charge on any atom is 0.160 e. The van der Waals surface area contributed by atoms with Gasteiger partial charge in [-0.3, -0.25) is 9.98 Å². The quantitative estimate of drug-likeness (QED) is 0.860. The molecule has 2 aromatic rings. The number of rotatable bonds is 3. The number of hydrogen-bond donors (Lipinski definition) is 0. The summed E-state index contributed by atoms with van der Waals surface area (Å²) in [5, 5.41) is 1.78. The topological polar surface area (TPSA) is 33.4 Å². The van der Waals surface area contributed by atoms with E-state index in [1.165, 1.54) is 16.6 Å². The van der Waals surface area contributed by atoms with Crippen LogP contribution in [0.5, 0.6) is 0 Å². The van der Waals surface area contributed by atoms with Crippen LogP contribution in [-0.4, -0.2) is 31.4 Å². The first kappa shape index (κ1) is 14.8. The van der Waals surface area contributed by atoms with Crippen LogP contribution in [0.1, 0.15) is 43.0 Å². The van der Waals surface area contributed by atoms with Gasteiger partial charge in [-0.15, -0.1) is 0 Å². The maximum atomic E-state index is 5.04. The number of nitrogens with zero attached hydrogens (tertiary/aromatic N) is 4. The van der Waals surface area contributed by atoms with Gasteiger partial charge in [-0.1, -0.05) is 24.8 Å². The first-order chi connectivity index (χ1) is 11.2. The van der Waals surface area contributed by atoms with Crippen molar-refractivity contribution in [2.75, 3.05) is 6.54 Å². The van der Waals surface area contributed by atoms with Crippen LogP contribution < -0.4 is 0 Å². The molecular weight excluding hydrogens is 304 g/mol. The van der Waals surface area contributed by atoms with E-state index in [4.69, 9.17) is 4.99 Å². The second-order valence-electron chi connectivity index (χ2n) is 6.28. The van der Waals surface area contributed by atoms with E-state index in [1.54, 1.807) is 0 Å². The summed E-state index contributed by atoms with van der Waals surface area (Å²) in [6.07, 6.45) is 1.87. The highest BCUT2D eigenvalue weighted by Crippen LogP contribution is 2.47. The lowest BCUT2D eigenvalue weighted by Crippen LogP contribution is -2.30. The monoisotopic (exact) mass is 326 g/mol. The van der Waals surface area contributed by atoms with Crippen molar-refractivity contribution in [3.63, 3.8) is 0 Å². The molecule has 4 rings (SSSR count). The van der Waals surface area contributed by atoms with E-state index in [9.17, 15) is 0 Å². The number of thioether (sulfide) groups is 1. The summed E-state index contributed by atoms with van der Waals surface area (Å²) in [6, 6.07) is 11.0. The Labute approximate surface area is 141 Å². The third kappa shape index (κ3) is 2.38. The summed E-state index contributed by atoms with van der Waals surface area (Å²) in [6.45, 7) is 8.73. The summed E-state index contributed by atoms with van der Waals surface area (Å²) in [7, 11) is 0. The zero-order chi connectivity index (χ0) is 16.0. The fraction of sp³-hybridized carbons (Fsp3) is 0.444. The van der Waals surface area contributed by atoms with Crippen molar-refractivity contribution < 1.29 is 0 Å². The number of pyridine rings is 1. The van der Waals surface area contributed by atoms with Crippen molar-refractivity contribution in [2.24, 2.45) is 4.99 Å². The Balaban J connectivity index is 1.81. The molecule has 0 amide bonds. The van der Waals surface area contributed by atoms with Gasteiger partial charge in [0.15, 0.2) is 5.17 Å². The predicted molar refractivity (Wildman–Crippen MR) is 95.8 cm³/mol. The average Bonchev–Trinajstić information content (AvgIpc) is 3.19. The molecule has 0 radical (unpaired) electrons. The molecule has 0 N–H and O–H groups in total. The van der Waals surface area contributed by atoms with Crippen LogP contribution in [0.15, 0.2) is 41.5 Å². The van der Waals surface area contributed by atoms with Gasteiger partial charge in [0.25, 0.3) is 0 Å². The van der Waals surface area contributed by atoms with Crippen LogP contribution in [0, 0.1) is 6.92 Å². The smallest absolute Gasteiger partial charge is 0.160 e. The van der Waals surface area contributed by atoms with Gasteiger partial charge >= 0.3 is 0 Å². The standard InChI is InChI=1S/C18H22N4S/c1-4-21-12(2)8-9-15(21)17-16(14-7-5-6-10-19-14)20-18-22(17)11-13(3)23-18/h5-10,13,16-17H,4,11H2,1-3H3/t13-,16-,17+/m0/s1. The molecule has 23 heavy (non-hydrogen) atoms. The lowest BCUT2D eigenvalue weighted by atomic mass is 10.0. The Morgan fingerprint density at radius 2 is 2.13 bits per heavy atom. The highest BCUT2D eigenvalue weighted by molar-refractivity contribution is 8.14. The van der Waals surface area contributed by atoms with Crippen molar-refractivity contribution in [3.05, 3.63) is 53.6 Å². The fourth-order valence-corrected chi connectivity index (χ4v) is 4.81. The van der Waals surface area contributed by atoms with Gasteiger partial charge in [-0.25, -0.2) is 0 Å². The van der Waals surface area contributed by atoms with E-state index in [2.05, 4.69) is 59.5 Å². The van der Waals surface area contributed by atoms with E-state index in [-0.39, 0.29) is 12.1 Å².